The number of furan rings is 1. The van der Waals surface area contributed by atoms with Gasteiger partial charge in [0.25, 0.3) is 5.91 Å². The third kappa shape index (κ3) is 2.93. The Kier molecular flexibility index (Phi) is 4.25. The van der Waals surface area contributed by atoms with Gasteiger partial charge in [0.2, 0.25) is 0 Å². The number of carbonyl (C=O) groups excluding carboxylic acids is 1. The molecule has 2 atom stereocenters. The number of nitrogens with one attached hydrogen (secondary N) is 1. The first-order valence-corrected chi connectivity index (χ1v) is 9.04. The maximum atomic E-state index is 12.9. The molecule has 1 amide bonds. The van der Waals surface area contributed by atoms with E-state index >= 15 is 0 Å². The van der Waals surface area contributed by atoms with Crippen molar-refractivity contribution < 1.29 is 9.21 Å². The SMILES string of the molecule is C[C@@H]1Cc2ccccc2N1Cc1ccoc1C(=O)N(C)[C@@H]1CCNC1. The van der Waals surface area contributed by atoms with Gasteiger partial charge in [-0.3, -0.25) is 4.79 Å². The summed E-state index contributed by atoms with van der Waals surface area (Å²) in [6.07, 6.45) is 3.68. The number of carbonyl (C=O) groups is 1. The van der Waals surface area contributed by atoms with Crippen LogP contribution in [0.4, 0.5) is 5.69 Å². The van der Waals surface area contributed by atoms with Crippen molar-refractivity contribution in [3.8, 4) is 0 Å². The van der Waals surface area contributed by atoms with E-state index in [0.717, 1.165) is 31.5 Å². The van der Waals surface area contributed by atoms with Gasteiger partial charge >= 0.3 is 0 Å². The van der Waals surface area contributed by atoms with E-state index < -0.39 is 0 Å². The summed E-state index contributed by atoms with van der Waals surface area (Å²) >= 11 is 0. The molecule has 4 rings (SSSR count). The normalized spacial score (nSPS) is 22.2. The molecular weight excluding hydrogens is 314 g/mol. The Bertz CT molecular complexity index is 764. The van der Waals surface area contributed by atoms with Gasteiger partial charge in [0, 0.05) is 43.5 Å². The fraction of sp³-hybridized carbons (Fsp3) is 0.450. The van der Waals surface area contributed by atoms with E-state index in [4.69, 9.17) is 4.42 Å². The Morgan fingerprint density at radius 3 is 3.00 bits per heavy atom. The van der Waals surface area contributed by atoms with Crippen LogP contribution in [0.15, 0.2) is 41.0 Å². The minimum atomic E-state index is -0.0196. The number of fused-ring (bicyclic) bond motifs is 1. The van der Waals surface area contributed by atoms with E-state index in [0.29, 0.717) is 18.3 Å². The molecule has 5 heteroatoms. The molecule has 0 saturated carbocycles. The van der Waals surface area contributed by atoms with Gasteiger partial charge in [-0.05, 0) is 44.0 Å². The monoisotopic (exact) mass is 339 g/mol. The van der Waals surface area contributed by atoms with Crippen LogP contribution in [0, 0.1) is 0 Å². The summed E-state index contributed by atoms with van der Waals surface area (Å²) in [5.74, 6) is 0.458. The fourth-order valence-corrected chi connectivity index (χ4v) is 4.00. The zero-order valence-electron chi connectivity index (χ0n) is 14.9. The number of nitrogens with zero attached hydrogens (tertiary/aromatic N) is 2. The summed E-state index contributed by atoms with van der Waals surface area (Å²) < 4.78 is 5.60. The molecule has 0 radical (unpaired) electrons. The molecule has 1 N–H and O–H groups in total. The van der Waals surface area contributed by atoms with E-state index in [-0.39, 0.29) is 11.9 Å². The Morgan fingerprint density at radius 1 is 1.36 bits per heavy atom. The lowest BCUT2D eigenvalue weighted by atomic mass is 10.1. The Balaban J connectivity index is 1.55. The summed E-state index contributed by atoms with van der Waals surface area (Å²) in [4.78, 5) is 17.1. The highest BCUT2D eigenvalue weighted by Crippen LogP contribution is 2.33. The van der Waals surface area contributed by atoms with Crippen LogP contribution in [0.25, 0.3) is 0 Å². The van der Waals surface area contributed by atoms with E-state index in [1.54, 1.807) is 6.26 Å². The molecule has 3 heterocycles. The minimum absolute atomic E-state index is 0.0196. The van der Waals surface area contributed by atoms with Crippen LogP contribution in [0.2, 0.25) is 0 Å². The number of likely N-dealkylation sites (N-methyl/N-ethyl adjacent to an activating group) is 1. The predicted molar refractivity (Wildman–Crippen MR) is 97.9 cm³/mol. The molecule has 1 fully saturated rings. The number of amides is 1. The van der Waals surface area contributed by atoms with Crippen LogP contribution < -0.4 is 10.2 Å². The number of rotatable bonds is 4. The fourth-order valence-electron chi connectivity index (χ4n) is 4.00. The van der Waals surface area contributed by atoms with Gasteiger partial charge in [-0.2, -0.15) is 0 Å². The summed E-state index contributed by atoms with van der Waals surface area (Å²) in [7, 11) is 1.88. The molecule has 2 aliphatic rings. The first-order valence-electron chi connectivity index (χ1n) is 9.04. The summed E-state index contributed by atoms with van der Waals surface area (Å²) in [6, 6.07) is 11.1. The average Bonchev–Trinajstić information content (AvgIpc) is 3.35. The van der Waals surface area contributed by atoms with Crippen molar-refractivity contribution in [3.05, 3.63) is 53.5 Å². The third-order valence-corrected chi connectivity index (χ3v) is 5.53. The Hall–Kier alpha value is -2.27. The van der Waals surface area contributed by atoms with Gasteiger partial charge in [-0.1, -0.05) is 18.2 Å². The van der Waals surface area contributed by atoms with E-state index in [9.17, 15) is 4.79 Å². The van der Waals surface area contributed by atoms with Gasteiger partial charge in [0.1, 0.15) is 0 Å². The van der Waals surface area contributed by atoms with Crippen LogP contribution in [0.5, 0.6) is 0 Å². The molecule has 132 valence electrons. The highest BCUT2D eigenvalue weighted by atomic mass is 16.3. The lowest BCUT2D eigenvalue weighted by Gasteiger charge is -2.26. The van der Waals surface area contributed by atoms with Gasteiger partial charge in [0.15, 0.2) is 5.76 Å². The summed E-state index contributed by atoms with van der Waals surface area (Å²) in [5, 5.41) is 3.31. The second-order valence-corrected chi connectivity index (χ2v) is 7.15. The number of hydrogen-bond acceptors (Lipinski definition) is 4. The molecule has 0 spiro atoms. The van der Waals surface area contributed by atoms with E-state index in [2.05, 4.69) is 41.4 Å². The van der Waals surface area contributed by atoms with Gasteiger partial charge in [-0.15, -0.1) is 0 Å². The number of hydrogen-bond donors (Lipinski definition) is 1. The van der Waals surface area contributed by atoms with Crippen molar-refractivity contribution in [2.75, 3.05) is 25.0 Å². The molecule has 0 unspecified atom stereocenters. The van der Waals surface area contributed by atoms with Crippen molar-refractivity contribution >= 4 is 11.6 Å². The van der Waals surface area contributed by atoms with E-state index in [1.807, 2.05) is 18.0 Å². The maximum Gasteiger partial charge on any atom is 0.289 e. The standard InChI is InChI=1S/C20H25N3O2/c1-14-11-15-5-3-4-6-18(15)23(14)13-16-8-10-25-19(16)20(24)22(2)17-7-9-21-12-17/h3-6,8,10,14,17,21H,7,9,11-13H2,1-2H3/t14-,17-/m1/s1. The molecular formula is C20H25N3O2. The van der Waals surface area contributed by atoms with Crippen LogP contribution in [-0.2, 0) is 13.0 Å². The highest BCUT2D eigenvalue weighted by Gasteiger charge is 2.30. The topological polar surface area (TPSA) is 48.7 Å². The second-order valence-electron chi connectivity index (χ2n) is 7.15. The van der Waals surface area contributed by atoms with Crippen molar-refractivity contribution in [2.45, 2.75) is 38.4 Å². The molecule has 2 aliphatic heterocycles. The van der Waals surface area contributed by atoms with Crippen molar-refractivity contribution in [2.24, 2.45) is 0 Å². The molecule has 2 aromatic rings. The number of anilines is 1. The number of para-hydroxylation sites is 1. The van der Waals surface area contributed by atoms with Gasteiger partial charge in [-0.25, -0.2) is 0 Å². The zero-order valence-corrected chi connectivity index (χ0v) is 14.9. The van der Waals surface area contributed by atoms with E-state index in [1.165, 1.54) is 11.3 Å². The van der Waals surface area contributed by atoms with Crippen LogP contribution in [0.3, 0.4) is 0 Å². The molecule has 0 bridgehead atoms. The Labute approximate surface area is 148 Å². The van der Waals surface area contributed by atoms with Crippen molar-refractivity contribution in [3.63, 3.8) is 0 Å². The second kappa shape index (κ2) is 6.56. The largest absolute Gasteiger partial charge is 0.459 e. The predicted octanol–water partition coefficient (Wildman–Crippen LogP) is 2.66. The van der Waals surface area contributed by atoms with Gasteiger partial charge < -0.3 is 19.5 Å². The van der Waals surface area contributed by atoms with Crippen LogP contribution in [-0.4, -0.2) is 43.0 Å². The molecule has 1 aromatic heterocycles. The smallest absolute Gasteiger partial charge is 0.289 e. The van der Waals surface area contributed by atoms with Crippen LogP contribution >= 0.6 is 0 Å². The van der Waals surface area contributed by atoms with Crippen LogP contribution in [0.1, 0.15) is 35.0 Å². The first-order chi connectivity index (χ1) is 12.1. The lowest BCUT2D eigenvalue weighted by Crippen LogP contribution is -2.39. The van der Waals surface area contributed by atoms with Gasteiger partial charge in [0.05, 0.1) is 6.26 Å². The Morgan fingerprint density at radius 2 is 2.20 bits per heavy atom. The minimum Gasteiger partial charge on any atom is -0.459 e. The molecule has 0 aliphatic carbocycles. The highest BCUT2D eigenvalue weighted by molar-refractivity contribution is 5.93. The molecule has 5 nitrogen and oxygen atoms in total. The maximum absolute atomic E-state index is 12.9. The number of benzene rings is 1. The zero-order chi connectivity index (χ0) is 17.4. The first kappa shape index (κ1) is 16.2. The summed E-state index contributed by atoms with van der Waals surface area (Å²) in [5.41, 5.74) is 3.61. The lowest BCUT2D eigenvalue weighted by molar-refractivity contribution is 0.0710. The molecule has 1 aromatic carbocycles. The van der Waals surface area contributed by atoms with Crippen molar-refractivity contribution in [1.82, 2.24) is 10.2 Å². The summed E-state index contributed by atoms with van der Waals surface area (Å²) in [6.45, 7) is 4.76. The third-order valence-electron chi connectivity index (χ3n) is 5.53. The average molecular weight is 339 g/mol. The molecule has 25 heavy (non-hydrogen) atoms. The molecule has 1 saturated heterocycles. The quantitative estimate of drug-likeness (QED) is 0.930. The van der Waals surface area contributed by atoms with Crippen molar-refractivity contribution in [1.29, 1.82) is 0 Å².